The predicted octanol–water partition coefficient (Wildman–Crippen LogP) is 0.609. The van der Waals surface area contributed by atoms with Crippen LogP contribution in [0.5, 0.6) is 0 Å². The molecular weight excluding hydrogens is 232 g/mol. The lowest BCUT2D eigenvalue weighted by atomic mass is 9.99. The van der Waals surface area contributed by atoms with Crippen molar-refractivity contribution < 1.29 is 14.5 Å². The molecule has 7 heteroatoms. The smallest absolute Gasteiger partial charge is 0.323 e. The van der Waals surface area contributed by atoms with E-state index in [2.05, 4.69) is 4.74 Å². The van der Waals surface area contributed by atoms with E-state index in [9.17, 15) is 14.9 Å². The molecule has 1 aromatic heterocycles. The van der Waals surface area contributed by atoms with Crippen LogP contribution in [0.4, 0.5) is 0 Å². The Morgan fingerprint density at radius 3 is 2.88 bits per heavy atom. The number of carbonyl (C=O) groups is 1. The molecule has 0 amide bonds. The van der Waals surface area contributed by atoms with Gasteiger partial charge in [-0.1, -0.05) is 6.07 Å². The van der Waals surface area contributed by atoms with Crippen molar-refractivity contribution in [1.29, 1.82) is 0 Å². The Morgan fingerprint density at radius 1 is 1.75 bits per heavy atom. The molecule has 88 valence electrons. The van der Waals surface area contributed by atoms with Gasteiger partial charge in [-0.3, -0.25) is 14.9 Å². The van der Waals surface area contributed by atoms with E-state index in [0.717, 1.165) is 4.88 Å². The van der Waals surface area contributed by atoms with Gasteiger partial charge in [0.05, 0.1) is 13.0 Å². The molecule has 1 heterocycles. The van der Waals surface area contributed by atoms with Crippen LogP contribution in [-0.2, 0) is 9.53 Å². The molecule has 0 bridgehead atoms. The third-order valence-electron chi connectivity index (χ3n) is 2.16. The number of methoxy groups -OCH3 is 1. The van der Waals surface area contributed by atoms with Gasteiger partial charge >= 0.3 is 5.97 Å². The van der Waals surface area contributed by atoms with Crippen LogP contribution in [0.15, 0.2) is 17.5 Å². The number of rotatable bonds is 5. The summed E-state index contributed by atoms with van der Waals surface area (Å²) < 4.78 is 4.49. The van der Waals surface area contributed by atoms with E-state index < -0.39 is 22.9 Å². The Balaban J connectivity index is 2.87. The van der Waals surface area contributed by atoms with Gasteiger partial charge in [-0.05, 0) is 11.4 Å². The SMILES string of the molecule is COC(=O)[C@H](N)[C@H](C[N+](=O)[O-])c1cccs1. The molecule has 0 aliphatic rings. The number of nitrogens with zero attached hydrogens (tertiary/aromatic N) is 1. The average molecular weight is 244 g/mol. The Kier molecular flexibility index (Phi) is 4.39. The van der Waals surface area contributed by atoms with Crippen LogP contribution >= 0.6 is 11.3 Å². The zero-order valence-corrected chi connectivity index (χ0v) is 9.48. The quantitative estimate of drug-likeness (QED) is 0.465. The van der Waals surface area contributed by atoms with Gasteiger partial charge in [0.15, 0.2) is 0 Å². The Hall–Kier alpha value is -1.47. The zero-order valence-electron chi connectivity index (χ0n) is 8.66. The van der Waals surface area contributed by atoms with Gasteiger partial charge in [-0.25, -0.2) is 0 Å². The average Bonchev–Trinajstić information content (AvgIpc) is 2.76. The number of hydrogen-bond acceptors (Lipinski definition) is 6. The number of hydrogen-bond donors (Lipinski definition) is 1. The fraction of sp³-hybridized carbons (Fsp3) is 0.444. The van der Waals surface area contributed by atoms with Crippen molar-refractivity contribution in [2.75, 3.05) is 13.7 Å². The van der Waals surface area contributed by atoms with Crippen molar-refractivity contribution in [2.24, 2.45) is 5.73 Å². The number of thiophene rings is 1. The molecule has 2 atom stereocenters. The van der Waals surface area contributed by atoms with E-state index in [-0.39, 0.29) is 6.54 Å². The maximum absolute atomic E-state index is 11.3. The molecule has 0 saturated heterocycles. The van der Waals surface area contributed by atoms with Gasteiger partial charge in [-0.15, -0.1) is 11.3 Å². The van der Waals surface area contributed by atoms with Crippen molar-refractivity contribution in [1.82, 2.24) is 0 Å². The van der Waals surface area contributed by atoms with E-state index in [1.54, 1.807) is 17.5 Å². The van der Waals surface area contributed by atoms with Crippen LogP contribution in [0, 0.1) is 10.1 Å². The summed E-state index contributed by atoms with van der Waals surface area (Å²) in [4.78, 5) is 22.0. The molecule has 0 saturated carbocycles. The summed E-state index contributed by atoms with van der Waals surface area (Å²) in [6.07, 6.45) is 0. The van der Waals surface area contributed by atoms with Crippen LogP contribution in [0.3, 0.4) is 0 Å². The summed E-state index contributed by atoms with van der Waals surface area (Å²) in [5.41, 5.74) is 5.64. The summed E-state index contributed by atoms with van der Waals surface area (Å²) in [7, 11) is 1.21. The number of nitro groups is 1. The molecule has 2 N–H and O–H groups in total. The third-order valence-corrected chi connectivity index (χ3v) is 3.17. The van der Waals surface area contributed by atoms with Gasteiger partial charge in [0.1, 0.15) is 6.04 Å². The number of nitrogens with two attached hydrogens (primary N) is 1. The maximum Gasteiger partial charge on any atom is 0.323 e. The minimum atomic E-state index is -1.01. The van der Waals surface area contributed by atoms with E-state index in [0.29, 0.717) is 0 Å². The number of carbonyl (C=O) groups excluding carboxylic acids is 1. The van der Waals surface area contributed by atoms with Crippen LogP contribution in [0.1, 0.15) is 10.8 Å². The predicted molar refractivity (Wildman–Crippen MR) is 58.9 cm³/mol. The lowest BCUT2D eigenvalue weighted by molar-refractivity contribution is -0.483. The largest absolute Gasteiger partial charge is 0.468 e. The normalized spacial score (nSPS) is 14.1. The lowest BCUT2D eigenvalue weighted by Gasteiger charge is -2.16. The van der Waals surface area contributed by atoms with Gasteiger partial charge in [0.25, 0.3) is 0 Å². The molecule has 0 spiro atoms. The first-order valence-electron chi connectivity index (χ1n) is 4.55. The fourth-order valence-electron chi connectivity index (χ4n) is 1.34. The highest BCUT2D eigenvalue weighted by Crippen LogP contribution is 2.24. The van der Waals surface area contributed by atoms with E-state index in [1.165, 1.54) is 18.4 Å². The maximum atomic E-state index is 11.3. The summed E-state index contributed by atoms with van der Waals surface area (Å²) in [5.74, 6) is -1.28. The topological polar surface area (TPSA) is 95.5 Å². The molecule has 6 nitrogen and oxygen atoms in total. The highest BCUT2D eigenvalue weighted by molar-refractivity contribution is 7.10. The molecule has 0 aliphatic heterocycles. The van der Waals surface area contributed by atoms with Crippen molar-refractivity contribution >= 4 is 17.3 Å². The first kappa shape index (κ1) is 12.6. The first-order chi connectivity index (χ1) is 7.56. The van der Waals surface area contributed by atoms with Crippen molar-refractivity contribution in [3.05, 3.63) is 32.5 Å². The van der Waals surface area contributed by atoms with Gasteiger partial charge < -0.3 is 10.5 Å². The molecule has 0 fully saturated rings. The second-order valence-electron chi connectivity index (χ2n) is 3.19. The molecule has 0 radical (unpaired) electrons. The van der Waals surface area contributed by atoms with Crippen LogP contribution < -0.4 is 5.73 Å². The fourth-order valence-corrected chi connectivity index (χ4v) is 2.21. The zero-order chi connectivity index (χ0) is 12.1. The van der Waals surface area contributed by atoms with Crippen molar-refractivity contribution in [3.63, 3.8) is 0 Å². The molecule has 16 heavy (non-hydrogen) atoms. The van der Waals surface area contributed by atoms with Gasteiger partial charge in [-0.2, -0.15) is 0 Å². The summed E-state index contributed by atoms with van der Waals surface area (Å²) in [6.45, 7) is -0.378. The second kappa shape index (κ2) is 5.57. The number of esters is 1. The minimum absolute atomic E-state index is 0.378. The molecule has 0 aromatic carbocycles. The van der Waals surface area contributed by atoms with Gasteiger partial charge in [0.2, 0.25) is 6.54 Å². The summed E-state index contributed by atoms with van der Waals surface area (Å²) >= 11 is 1.34. The van der Waals surface area contributed by atoms with E-state index in [4.69, 9.17) is 5.73 Å². The Labute approximate surface area is 96.2 Å². The van der Waals surface area contributed by atoms with Crippen LogP contribution in [-0.4, -0.2) is 30.6 Å². The molecule has 1 rings (SSSR count). The second-order valence-corrected chi connectivity index (χ2v) is 4.17. The molecular formula is C9H12N2O4S. The van der Waals surface area contributed by atoms with Gasteiger partial charge in [0, 0.05) is 9.80 Å². The standard InChI is InChI=1S/C9H12N2O4S/c1-15-9(12)8(10)6(5-11(13)14)7-3-2-4-16-7/h2-4,6,8H,5,10H2,1H3/t6-,8-/m1/s1. The third kappa shape index (κ3) is 3.01. The lowest BCUT2D eigenvalue weighted by Crippen LogP contribution is -2.40. The Bertz CT molecular complexity index is 366. The highest BCUT2D eigenvalue weighted by Gasteiger charge is 2.31. The monoisotopic (exact) mass is 244 g/mol. The molecule has 0 aliphatic carbocycles. The van der Waals surface area contributed by atoms with Crippen LogP contribution in [0.2, 0.25) is 0 Å². The molecule has 1 aromatic rings. The summed E-state index contributed by atoms with van der Waals surface area (Å²) in [6, 6.07) is 2.48. The minimum Gasteiger partial charge on any atom is -0.468 e. The molecule has 0 unspecified atom stereocenters. The van der Waals surface area contributed by atoms with Crippen molar-refractivity contribution in [3.8, 4) is 0 Å². The van der Waals surface area contributed by atoms with E-state index in [1.807, 2.05) is 0 Å². The highest BCUT2D eigenvalue weighted by atomic mass is 32.1. The number of ether oxygens (including phenoxy) is 1. The Morgan fingerprint density at radius 2 is 2.44 bits per heavy atom. The van der Waals surface area contributed by atoms with Crippen molar-refractivity contribution in [2.45, 2.75) is 12.0 Å². The summed E-state index contributed by atoms with van der Waals surface area (Å²) in [5, 5.41) is 12.3. The first-order valence-corrected chi connectivity index (χ1v) is 5.42. The van der Waals surface area contributed by atoms with E-state index >= 15 is 0 Å². The van der Waals surface area contributed by atoms with Crippen LogP contribution in [0.25, 0.3) is 0 Å².